The third kappa shape index (κ3) is 10.2. The molecule has 4 N–H and O–H groups in total. The van der Waals surface area contributed by atoms with Crippen LogP contribution in [-0.2, 0) is 0 Å². The first kappa shape index (κ1) is 14.7. The van der Waals surface area contributed by atoms with Crippen molar-refractivity contribution in [1.29, 1.82) is 0 Å². The van der Waals surface area contributed by atoms with Crippen LogP contribution >= 0.6 is 12.4 Å². The smallest absolute Gasteiger partial charge is 0.00515 e. The van der Waals surface area contributed by atoms with Crippen molar-refractivity contribution >= 4 is 12.4 Å². The second-order valence-corrected chi connectivity index (χ2v) is 3.33. The Balaban J connectivity index is 0. The van der Waals surface area contributed by atoms with Gasteiger partial charge in [0.25, 0.3) is 0 Å². The molecule has 0 aliphatic heterocycles. The maximum atomic E-state index is 5.49. The highest BCUT2D eigenvalue weighted by atomic mass is 35.5. The van der Waals surface area contributed by atoms with Crippen molar-refractivity contribution in [3.05, 3.63) is 0 Å². The van der Waals surface area contributed by atoms with Crippen LogP contribution < -0.4 is 11.5 Å². The third-order valence-electron chi connectivity index (χ3n) is 2.05. The van der Waals surface area contributed by atoms with E-state index in [4.69, 9.17) is 11.5 Å². The predicted octanol–water partition coefficient (Wildman–Crippen LogP) is 1.91. The Morgan fingerprint density at radius 2 is 1.58 bits per heavy atom. The normalized spacial score (nSPS) is 12.2. The zero-order valence-corrected chi connectivity index (χ0v) is 8.91. The highest BCUT2D eigenvalue weighted by Crippen LogP contribution is 2.08. The lowest BCUT2D eigenvalue weighted by Crippen LogP contribution is -2.10. The van der Waals surface area contributed by atoms with Crippen molar-refractivity contribution in [2.45, 2.75) is 39.0 Å². The molecule has 12 heavy (non-hydrogen) atoms. The van der Waals surface area contributed by atoms with Crippen LogP contribution in [-0.4, -0.2) is 13.1 Å². The lowest BCUT2D eigenvalue weighted by atomic mass is 10.0. The molecular formula is C9H23ClN2. The fourth-order valence-corrected chi connectivity index (χ4v) is 1.11. The molecule has 0 amide bonds. The molecule has 0 aromatic rings. The summed E-state index contributed by atoms with van der Waals surface area (Å²) in [4.78, 5) is 0. The largest absolute Gasteiger partial charge is 0.330 e. The summed E-state index contributed by atoms with van der Waals surface area (Å²) in [6.07, 6.45) is 6.38. The second kappa shape index (κ2) is 11.2. The molecule has 1 unspecified atom stereocenters. The fraction of sp³-hybridized carbons (Fsp3) is 1.00. The van der Waals surface area contributed by atoms with Gasteiger partial charge < -0.3 is 11.5 Å². The van der Waals surface area contributed by atoms with Crippen LogP contribution in [0.25, 0.3) is 0 Å². The standard InChI is InChI=1S/C9H22N2.ClH/c1-9(8-11)6-4-2-3-5-7-10;/h9H,2-8,10-11H2,1H3;1H. The zero-order chi connectivity index (χ0) is 8.53. The lowest BCUT2D eigenvalue weighted by Gasteiger charge is -2.06. The molecule has 0 aromatic carbocycles. The molecule has 0 saturated heterocycles. The van der Waals surface area contributed by atoms with E-state index in [1.54, 1.807) is 0 Å². The van der Waals surface area contributed by atoms with Gasteiger partial charge in [0.05, 0.1) is 0 Å². The number of hydrogen-bond acceptors (Lipinski definition) is 2. The minimum Gasteiger partial charge on any atom is -0.330 e. The highest BCUT2D eigenvalue weighted by molar-refractivity contribution is 5.85. The Kier molecular flexibility index (Phi) is 13.7. The van der Waals surface area contributed by atoms with E-state index in [1.807, 2.05) is 0 Å². The van der Waals surface area contributed by atoms with Gasteiger partial charge in [0.15, 0.2) is 0 Å². The summed E-state index contributed by atoms with van der Waals surface area (Å²) in [5.41, 5.74) is 10.9. The Hall–Kier alpha value is 0.210. The van der Waals surface area contributed by atoms with Gasteiger partial charge in [0.2, 0.25) is 0 Å². The van der Waals surface area contributed by atoms with Crippen molar-refractivity contribution < 1.29 is 0 Å². The van der Waals surface area contributed by atoms with Crippen molar-refractivity contribution in [2.75, 3.05) is 13.1 Å². The number of unbranched alkanes of at least 4 members (excludes halogenated alkanes) is 3. The van der Waals surface area contributed by atoms with Gasteiger partial charge in [0.1, 0.15) is 0 Å². The average Bonchev–Trinajstić information content (AvgIpc) is 2.04. The van der Waals surface area contributed by atoms with E-state index in [1.165, 1.54) is 32.1 Å². The SMILES string of the molecule is CC(CN)CCCCCCN.Cl. The Morgan fingerprint density at radius 1 is 1.00 bits per heavy atom. The molecule has 0 aliphatic carbocycles. The molecule has 0 saturated carbocycles. The van der Waals surface area contributed by atoms with E-state index in [0.29, 0.717) is 5.92 Å². The van der Waals surface area contributed by atoms with Crippen LogP contribution in [0.4, 0.5) is 0 Å². The first-order chi connectivity index (χ1) is 5.31. The molecule has 0 aromatic heterocycles. The third-order valence-corrected chi connectivity index (χ3v) is 2.05. The van der Waals surface area contributed by atoms with Crippen LogP contribution in [0.5, 0.6) is 0 Å². The van der Waals surface area contributed by atoms with E-state index < -0.39 is 0 Å². The molecule has 1 atom stereocenters. The van der Waals surface area contributed by atoms with E-state index in [2.05, 4.69) is 6.92 Å². The number of rotatable bonds is 7. The molecule has 76 valence electrons. The van der Waals surface area contributed by atoms with Crippen LogP contribution in [0.15, 0.2) is 0 Å². The maximum Gasteiger partial charge on any atom is -0.00515 e. The molecule has 0 rings (SSSR count). The second-order valence-electron chi connectivity index (χ2n) is 3.33. The van der Waals surface area contributed by atoms with Gasteiger partial charge in [-0.3, -0.25) is 0 Å². The van der Waals surface area contributed by atoms with Crippen LogP contribution in [0, 0.1) is 5.92 Å². The lowest BCUT2D eigenvalue weighted by molar-refractivity contribution is 0.496. The summed E-state index contributed by atoms with van der Waals surface area (Å²) in [6.45, 7) is 3.88. The average molecular weight is 195 g/mol. The quantitative estimate of drug-likeness (QED) is 0.609. The monoisotopic (exact) mass is 194 g/mol. The van der Waals surface area contributed by atoms with Gasteiger partial charge in [-0.05, 0) is 31.8 Å². The molecule has 2 nitrogen and oxygen atoms in total. The fourth-order valence-electron chi connectivity index (χ4n) is 1.11. The number of hydrogen-bond donors (Lipinski definition) is 2. The molecule has 0 aliphatic rings. The van der Waals surface area contributed by atoms with Crippen LogP contribution in [0.2, 0.25) is 0 Å². The summed E-state index contributed by atoms with van der Waals surface area (Å²) < 4.78 is 0. The van der Waals surface area contributed by atoms with Crippen LogP contribution in [0.1, 0.15) is 39.0 Å². The first-order valence-corrected chi connectivity index (χ1v) is 4.71. The van der Waals surface area contributed by atoms with Crippen LogP contribution in [0.3, 0.4) is 0 Å². The van der Waals surface area contributed by atoms with E-state index >= 15 is 0 Å². The van der Waals surface area contributed by atoms with E-state index in [9.17, 15) is 0 Å². The van der Waals surface area contributed by atoms with Gasteiger partial charge >= 0.3 is 0 Å². The Morgan fingerprint density at radius 3 is 2.08 bits per heavy atom. The van der Waals surface area contributed by atoms with E-state index in [-0.39, 0.29) is 12.4 Å². The van der Waals surface area contributed by atoms with Gasteiger partial charge in [-0.1, -0.05) is 26.2 Å². The molecule has 3 heteroatoms. The van der Waals surface area contributed by atoms with Crippen molar-refractivity contribution in [2.24, 2.45) is 17.4 Å². The molecule has 0 spiro atoms. The topological polar surface area (TPSA) is 52.0 Å². The molecule has 0 radical (unpaired) electrons. The zero-order valence-electron chi connectivity index (χ0n) is 8.09. The Labute approximate surface area is 82.5 Å². The van der Waals surface area contributed by atoms with Crippen molar-refractivity contribution in [3.8, 4) is 0 Å². The first-order valence-electron chi connectivity index (χ1n) is 4.71. The maximum absolute atomic E-state index is 5.49. The minimum atomic E-state index is 0. The van der Waals surface area contributed by atoms with Gasteiger partial charge in [-0.15, -0.1) is 12.4 Å². The van der Waals surface area contributed by atoms with Gasteiger partial charge in [0, 0.05) is 0 Å². The Bertz CT molecular complexity index is 78.9. The summed E-state index contributed by atoms with van der Waals surface area (Å²) in [7, 11) is 0. The summed E-state index contributed by atoms with van der Waals surface area (Å²) in [5, 5.41) is 0. The van der Waals surface area contributed by atoms with E-state index in [0.717, 1.165) is 13.1 Å². The highest BCUT2D eigenvalue weighted by Gasteiger charge is 1.97. The molecular weight excluding hydrogens is 172 g/mol. The summed E-state index contributed by atoms with van der Waals surface area (Å²) in [6, 6.07) is 0. The molecule has 0 fully saturated rings. The number of nitrogens with two attached hydrogens (primary N) is 2. The molecule has 0 heterocycles. The van der Waals surface area contributed by atoms with Crippen molar-refractivity contribution in [3.63, 3.8) is 0 Å². The number of halogens is 1. The van der Waals surface area contributed by atoms with Gasteiger partial charge in [-0.25, -0.2) is 0 Å². The minimum absolute atomic E-state index is 0. The summed E-state index contributed by atoms with van der Waals surface area (Å²) in [5.74, 6) is 0.702. The summed E-state index contributed by atoms with van der Waals surface area (Å²) >= 11 is 0. The predicted molar refractivity (Wildman–Crippen MR) is 57.6 cm³/mol. The van der Waals surface area contributed by atoms with Gasteiger partial charge in [-0.2, -0.15) is 0 Å². The van der Waals surface area contributed by atoms with Crippen molar-refractivity contribution in [1.82, 2.24) is 0 Å². The molecule has 0 bridgehead atoms.